The van der Waals surface area contributed by atoms with Crippen molar-refractivity contribution in [3.05, 3.63) is 53.6 Å². The molecule has 7 heteroatoms. The zero-order valence-corrected chi connectivity index (χ0v) is 17.0. The number of amides is 1. The second kappa shape index (κ2) is 7.11. The van der Waals surface area contributed by atoms with Crippen molar-refractivity contribution in [2.75, 3.05) is 17.3 Å². The highest BCUT2D eigenvalue weighted by molar-refractivity contribution is 5.97. The monoisotopic (exact) mass is 400 g/mol. The number of H-pyrrole nitrogens is 1. The minimum atomic E-state index is -0.645. The maximum atomic E-state index is 12.6. The number of nitrogens with two attached hydrogens (primary N) is 1. The number of hydrogen-bond acceptors (Lipinski definition) is 5. The van der Waals surface area contributed by atoms with Gasteiger partial charge in [0.15, 0.2) is 0 Å². The van der Waals surface area contributed by atoms with Crippen LogP contribution >= 0.6 is 0 Å². The molecule has 30 heavy (non-hydrogen) atoms. The first-order chi connectivity index (χ1) is 14.5. The molecule has 0 fully saturated rings. The molecule has 0 bridgehead atoms. The normalized spacial score (nSPS) is 20.3. The second-order valence-electron chi connectivity index (χ2n) is 7.95. The molecule has 3 heterocycles. The number of carbonyl (C=O) groups excluding carboxylic acids is 1. The fraction of sp³-hybridized carbons (Fsp3) is 0.261. The summed E-state index contributed by atoms with van der Waals surface area (Å²) in [5, 5.41) is 4.20. The third kappa shape index (κ3) is 2.98. The summed E-state index contributed by atoms with van der Waals surface area (Å²) in [6, 6.07) is 13.6. The van der Waals surface area contributed by atoms with E-state index in [1.54, 1.807) is 6.21 Å². The van der Waals surface area contributed by atoms with E-state index >= 15 is 0 Å². The zero-order chi connectivity index (χ0) is 20.8. The number of aromatic nitrogens is 1. The van der Waals surface area contributed by atoms with Crippen LogP contribution in [0.3, 0.4) is 0 Å². The van der Waals surface area contributed by atoms with Gasteiger partial charge in [-0.3, -0.25) is 9.79 Å². The van der Waals surface area contributed by atoms with Crippen LogP contribution in [0.4, 0.5) is 17.2 Å². The molecular formula is C23H24N6O. The molecule has 0 saturated carbocycles. The Morgan fingerprint density at radius 1 is 1.30 bits per heavy atom. The van der Waals surface area contributed by atoms with Crippen LogP contribution in [-0.4, -0.2) is 42.6 Å². The molecule has 152 valence electrons. The molecule has 0 spiro atoms. The Balaban J connectivity index is 1.42. The number of aliphatic imine (C=N–C) groups is 2. The molecule has 0 radical (unpaired) electrons. The van der Waals surface area contributed by atoms with Gasteiger partial charge in [0, 0.05) is 47.0 Å². The minimum Gasteiger partial charge on any atom is -0.341 e. The van der Waals surface area contributed by atoms with Gasteiger partial charge in [0.1, 0.15) is 12.2 Å². The quantitative estimate of drug-likeness (QED) is 0.625. The van der Waals surface area contributed by atoms with Crippen molar-refractivity contribution in [1.29, 1.82) is 0 Å². The highest BCUT2D eigenvalue weighted by Crippen LogP contribution is 2.47. The topological polar surface area (TPSA) is 98.9 Å². The van der Waals surface area contributed by atoms with E-state index < -0.39 is 6.04 Å². The van der Waals surface area contributed by atoms with Crippen LogP contribution < -0.4 is 16.0 Å². The Kier molecular flexibility index (Phi) is 4.40. The molecule has 3 aromatic rings. The smallest absolute Gasteiger partial charge is 0.241 e. The number of aromatic amines is 1. The number of rotatable bonds is 4. The predicted molar refractivity (Wildman–Crippen MR) is 122 cm³/mol. The lowest BCUT2D eigenvalue weighted by Gasteiger charge is -2.32. The molecule has 5 rings (SSSR count). The van der Waals surface area contributed by atoms with E-state index in [0.717, 1.165) is 22.7 Å². The maximum absolute atomic E-state index is 12.6. The summed E-state index contributed by atoms with van der Waals surface area (Å²) in [7, 11) is 2.07. The Hall–Kier alpha value is -3.45. The lowest BCUT2D eigenvalue weighted by molar-refractivity contribution is -0.117. The van der Waals surface area contributed by atoms with E-state index in [0.29, 0.717) is 6.42 Å². The van der Waals surface area contributed by atoms with E-state index in [2.05, 4.69) is 69.5 Å². The van der Waals surface area contributed by atoms with Crippen LogP contribution in [0.5, 0.6) is 0 Å². The van der Waals surface area contributed by atoms with Gasteiger partial charge in [0.05, 0.1) is 12.1 Å². The lowest BCUT2D eigenvalue weighted by atomic mass is 9.87. The molecule has 1 amide bonds. The molecule has 1 aromatic heterocycles. The molecule has 7 nitrogen and oxygen atoms in total. The summed E-state index contributed by atoms with van der Waals surface area (Å²) in [6.45, 7) is 2.21. The minimum absolute atomic E-state index is 0.122. The number of anilines is 3. The molecule has 4 N–H and O–H groups in total. The number of fused-ring (bicyclic) bond motifs is 4. The average Bonchev–Trinajstić information content (AvgIpc) is 3.39. The summed E-state index contributed by atoms with van der Waals surface area (Å²) in [6.07, 6.45) is 3.65. The van der Waals surface area contributed by atoms with Gasteiger partial charge in [0.2, 0.25) is 5.91 Å². The summed E-state index contributed by atoms with van der Waals surface area (Å²) < 4.78 is 0. The van der Waals surface area contributed by atoms with Gasteiger partial charge in [-0.25, -0.2) is 4.99 Å². The second-order valence-corrected chi connectivity index (χ2v) is 7.95. The lowest BCUT2D eigenvalue weighted by Crippen LogP contribution is -2.38. The zero-order valence-electron chi connectivity index (χ0n) is 17.0. The molecule has 2 aliphatic heterocycles. The fourth-order valence-corrected chi connectivity index (χ4v) is 4.44. The third-order valence-corrected chi connectivity index (χ3v) is 6.03. The summed E-state index contributed by atoms with van der Waals surface area (Å²) in [5.74, 6) is 1.10. The average molecular weight is 400 g/mol. The predicted octanol–water partition coefficient (Wildman–Crippen LogP) is 3.54. The summed E-state index contributed by atoms with van der Waals surface area (Å²) >= 11 is 0. The van der Waals surface area contributed by atoms with Crippen molar-refractivity contribution in [3.8, 4) is 0 Å². The van der Waals surface area contributed by atoms with E-state index in [1.807, 2.05) is 12.1 Å². The molecule has 0 saturated heterocycles. The molecule has 0 aliphatic carbocycles. The van der Waals surface area contributed by atoms with Crippen molar-refractivity contribution < 1.29 is 4.79 Å². The van der Waals surface area contributed by atoms with E-state index in [1.165, 1.54) is 22.9 Å². The van der Waals surface area contributed by atoms with Gasteiger partial charge in [-0.1, -0.05) is 25.1 Å². The highest BCUT2D eigenvalue weighted by atomic mass is 16.2. The van der Waals surface area contributed by atoms with Crippen molar-refractivity contribution in [1.82, 2.24) is 4.98 Å². The van der Waals surface area contributed by atoms with Crippen LogP contribution in [0.1, 0.15) is 30.4 Å². The number of benzene rings is 2. The number of nitrogens with one attached hydrogen (secondary N) is 2. The van der Waals surface area contributed by atoms with E-state index in [-0.39, 0.29) is 17.9 Å². The molecular weight excluding hydrogens is 376 g/mol. The van der Waals surface area contributed by atoms with Crippen molar-refractivity contribution in [2.24, 2.45) is 15.7 Å². The van der Waals surface area contributed by atoms with Gasteiger partial charge in [-0.2, -0.15) is 0 Å². The largest absolute Gasteiger partial charge is 0.341 e. The molecule has 2 aromatic carbocycles. The van der Waals surface area contributed by atoms with Crippen LogP contribution in [0.2, 0.25) is 0 Å². The van der Waals surface area contributed by atoms with Crippen LogP contribution in [0, 0.1) is 0 Å². The van der Waals surface area contributed by atoms with Gasteiger partial charge in [0.25, 0.3) is 0 Å². The Morgan fingerprint density at radius 2 is 2.13 bits per heavy atom. The standard InChI is InChI=1S/C23H24N6O/c1-13-17-9-14(27-23(30)18(24)10-15-11-25-12-26-15)7-8-20(17)29(2)22-21(13)16-5-3-4-6-19(16)28-22/h3-9,11-13,15,18,28H,10,24H2,1-2H3,(H,27,30)/t13?,15?,18-/m0/s1. The molecule has 3 atom stereocenters. The van der Waals surface area contributed by atoms with Crippen molar-refractivity contribution in [3.63, 3.8) is 0 Å². The third-order valence-electron chi connectivity index (χ3n) is 6.03. The first-order valence-corrected chi connectivity index (χ1v) is 10.1. The van der Waals surface area contributed by atoms with Crippen molar-refractivity contribution in [2.45, 2.75) is 31.3 Å². The number of hydrogen-bond donors (Lipinski definition) is 3. The maximum Gasteiger partial charge on any atom is 0.241 e. The van der Waals surface area contributed by atoms with Gasteiger partial charge in [-0.05, 0) is 36.2 Å². The van der Waals surface area contributed by atoms with Gasteiger partial charge >= 0.3 is 0 Å². The van der Waals surface area contributed by atoms with Crippen LogP contribution in [0.15, 0.2) is 52.4 Å². The summed E-state index contributed by atoms with van der Waals surface area (Å²) in [4.78, 5) is 26.4. The highest BCUT2D eigenvalue weighted by Gasteiger charge is 2.30. The SMILES string of the molecule is CC1c2cc(NC(=O)[C@@H](N)CC3C=NC=N3)ccc2N(C)c2[nH]c3ccccc3c21. The number of para-hydroxylation sites is 1. The first kappa shape index (κ1) is 18.6. The Labute approximate surface area is 174 Å². The Morgan fingerprint density at radius 3 is 2.93 bits per heavy atom. The van der Waals surface area contributed by atoms with E-state index in [4.69, 9.17) is 5.73 Å². The van der Waals surface area contributed by atoms with Crippen LogP contribution in [-0.2, 0) is 4.79 Å². The van der Waals surface area contributed by atoms with Crippen molar-refractivity contribution >= 4 is 46.6 Å². The van der Waals surface area contributed by atoms with E-state index in [9.17, 15) is 4.79 Å². The number of carbonyl (C=O) groups is 1. The number of nitrogens with zero attached hydrogens (tertiary/aromatic N) is 3. The van der Waals surface area contributed by atoms with Gasteiger partial charge in [-0.15, -0.1) is 0 Å². The Bertz CT molecular complexity index is 1180. The summed E-state index contributed by atoms with van der Waals surface area (Å²) in [5.41, 5.74) is 11.5. The fourth-order valence-electron chi connectivity index (χ4n) is 4.44. The molecule has 2 aliphatic rings. The van der Waals surface area contributed by atoms with Crippen LogP contribution in [0.25, 0.3) is 10.9 Å². The first-order valence-electron chi connectivity index (χ1n) is 10.1. The van der Waals surface area contributed by atoms with Gasteiger partial charge < -0.3 is 20.9 Å². The molecule has 2 unspecified atom stereocenters.